The third-order valence-corrected chi connectivity index (χ3v) is 4.77. The van der Waals surface area contributed by atoms with Gasteiger partial charge in [0.25, 0.3) is 0 Å². The minimum absolute atomic E-state index is 0.0802. The molecule has 0 radical (unpaired) electrons. The molecule has 1 saturated carbocycles. The summed E-state index contributed by atoms with van der Waals surface area (Å²) in [6.07, 6.45) is 1.97. The Morgan fingerprint density at radius 1 is 1.12 bits per heavy atom. The van der Waals surface area contributed by atoms with Gasteiger partial charge in [-0.25, -0.2) is 4.39 Å². The van der Waals surface area contributed by atoms with E-state index < -0.39 is 11.7 Å². The molecule has 26 heavy (non-hydrogen) atoms. The Hall–Kier alpha value is -2.11. The molecule has 2 aromatic rings. The van der Waals surface area contributed by atoms with Gasteiger partial charge in [0.2, 0.25) is 11.8 Å². The predicted molar refractivity (Wildman–Crippen MR) is 100.0 cm³/mol. The Morgan fingerprint density at radius 3 is 2.42 bits per heavy atom. The van der Waals surface area contributed by atoms with Crippen molar-refractivity contribution in [3.63, 3.8) is 0 Å². The van der Waals surface area contributed by atoms with E-state index in [-0.39, 0.29) is 29.3 Å². The van der Waals surface area contributed by atoms with Gasteiger partial charge in [-0.05, 0) is 54.7 Å². The minimum atomic E-state index is -0.562. The van der Waals surface area contributed by atoms with Gasteiger partial charge in [-0.15, -0.1) is 0 Å². The van der Waals surface area contributed by atoms with E-state index in [1.165, 1.54) is 18.2 Å². The molecule has 136 valence electrons. The molecule has 1 aliphatic rings. The summed E-state index contributed by atoms with van der Waals surface area (Å²) in [5, 5.41) is 5.78. The summed E-state index contributed by atoms with van der Waals surface area (Å²) < 4.78 is 13.1. The quantitative estimate of drug-likeness (QED) is 0.763. The second-order valence-corrected chi connectivity index (χ2v) is 7.11. The maximum atomic E-state index is 13.1. The number of anilines is 1. The lowest BCUT2D eigenvalue weighted by molar-refractivity contribution is -0.125. The zero-order chi connectivity index (χ0) is 18.7. The topological polar surface area (TPSA) is 58.2 Å². The molecule has 1 unspecified atom stereocenters. The summed E-state index contributed by atoms with van der Waals surface area (Å²) in [4.78, 5) is 24.6. The number of hydrogen-bond acceptors (Lipinski definition) is 2. The van der Waals surface area contributed by atoms with Gasteiger partial charge in [0.15, 0.2) is 0 Å². The number of benzene rings is 2. The van der Waals surface area contributed by atoms with E-state index in [1.54, 1.807) is 12.1 Å². The number of amides is 2. The fourth-order valence-electron chi connectivity index (χ4n) is 2.79. The van der Waals surface area contributed by atoms with E-state index in [2.05, 4.69) is 10.6 Å². The minimum Gasteiger partial charge on any atom is -0.346 e. The van der Waals surface area contributed by atoms with Crippen molar-refractivity contribution < 1.29 is 14.0 Å². The van der Waals surface area contributed by atoms with Gasteiger partial charge < -0.3 is 10.6 Å². The van der Waals surface area contributed by atoms with Crippen molar-refractivity contribution in [3.05, 3.63) is 63.9 Å². The van der Waals surface area contributed by atoms with Crippen LogP contribution in [-0.4, -0.2) is 18.4 Å². The molecule has 0 aliphatic heterocycles. The van der Waals surface area contributed by atoms with Crippen molar-refractivity contribution >= 4 is 40.7 Å². The van der Waals surface area contributed by atoms with E-state index in [9.17, 15) is 14.0 Å². The first-order chi connectivity index (χ1) is 12.4. The van der Waals surface area contributed by atoms with E-state index in [1.807, 2.05) is 12.1 Å². The van der Waals surface area contributed by atoms with Gasteiger partial charge in [-0.3, -0.25) is 9.59 Å². The Morgan fingerprint density at radius 2 is 1.81 bits per heavy atom. The zero-order valence-electron chi connectivity index (χ0n) is 13.8. The van der Waals surface area contributed by atoms with Gasteiger partial charge >= 0.3 is 0 Å². The van der Waals surface area contributed by atoms with Crippen molar-refractivity contribution in [2.45, 2.75) is 18.8 Å². The number of nitrogens with one attached hydrogen (secondary N) is 2. The molecular formula is C19H17Cl2FN2O2. The summed E-state index contributed by atoms with van der Waals surface area (Å²) in [7, 11) is 0. The van der Waals surface area contributed by atoms with Crippen LogP contribution in [0.25, 0.3) is 0 Å². The van der Waals surface area contributed by atoms with Crippen LogP contribution in [0.15, 0.2) is 42.5 Å². The Labute approximate surface area is 160 Å². The molecule has 2 N–H and O–H groups in total. The van der Waals surface area contributed by atoms with Crippen LogP contribution in [0.2, 0.25) is 10.0 Å². The Balaban J connectivity index is 1.58. The van der Waals surface area contributed by atoms with Crippen molar-refractivity contribution in [3.8, 4) is 0 Å². The lowest BCUT2D eigenvalue weighted by Gasteiger charge is -2.17. The molecule has 1 atom stereocenters. The second-order valence-electron chi connectivity index (χ2n) is 6.26. The molecule has 0 bridgehead atoms. The van der Waals surface area contributed by atoms with Crippen LogP contribution in [-0.2, 0) is 9.59 Å². The molecule has 1 fully saturated rings. The molecule has 3 rings (SSSR count). The highest BCUT2D eigenvalue weighted by Gasteiger charge is 2.37. The van der Waals surface area contributed by atoms with Gasteiger partial charge in [0.1, 0.15) is 5.82 Å². The summed E-state index contributed by atoms with van der Waals surface area (Å²) >= 11 is 11.6. The molecule has 4 nitrogen and oxygen atoms in total. The summed E-state index contributed by atoms with van der Waals surface area (Å²) in [5.74, 6) is -1.17. The SMILES string of the molecule is O=C(CNC(=O)C(c1ccc(Cl)cc1)C1CC1)Nc1ccc(F)c(Cl)c1. The molecule has 2 aromatic carbocycles. The van der Waals surface area contributed by atoms with Gasteiger partial charge in [-0.2, -0.15) is 0 Å². The van der Waals surface area contributed by atoms with Crippen LogP contribution < -0.4 is 10.6 Å². The zero-order valence-corrected chi connectivity index (χ0v) is 15.3. The number of carbonyl (C=O) groups excluding carboxylic acids is 2. The summed E-state index contributed by atoms with van der Waals surface area (Å²) in [6.45, 7) is -0.176. The molecule has 0 heterocycles. The molecule has 0 saturated heterocycles. The van der Waals surface area contributed by atoms with E-state index >= 15 is 0 Å². The molecule has 2 amide bonds. The highest BCUT2D eigenvalue weighted by atomic mass is 35.5. The third kappa shape index (κ3) is 4.74. The first kappa shape index (κ1) is 18.7. The fraction of sp³-hybridized carbons (Fsp3) is 0.263. The van der Waals surface area contributed by atoms with E-state index in [0.29, 0.717) is 10.7 Å². The largest absolute Gasteiger partial charge is 0.346 e. The summed E-state index contributed by atoms with van der Waals surface area (Å²) in [5.41, 5.74) is 1.26. The highest BCUT2D eigenvalue weighted by molar-refractivity contribution is 6.31. The first-order valence-corrected chi connectivity index (χ1v) is 8.97. The standard InChI is InChI=1S/C19H17Cl2FN2O2/c20-13-5-3-12(4-6-13)18(11-1-2-11)19(26)23-10-17(25)24-14-7-8-16(22)15(21)9-14/h3-9,11,18H,1-2,10H2,(H,23,26)(H,24,25). The third-order valence-electron chi connectivity index (χ3n) is 4.23. The Kier molecular flexibility index (Phi) is 5.79. The fourth-order valence-corrected chi connectivity index (χ4v) is 3.10. The van der Waals surface area contributed by atoms with Crippen molar-refractivity contribution in [1.29, 1.82) is 0 Å². The van der Waals surface area contributed by atoms with Crippen molar-refractivity contribution in [1.82, 2.24) is 5.32 Å². The van der Waals surface area contributed by atoms with E-state index in [4.69, 9.17) is 23.2 Å². The lowest BCUT2D eigenvalue weighted by Crippen LogP contribution is -2.36. The van der Waals surface area contributed by atoms with Gasteiger partial charge in [-0.1, -0.05) is 35.3 Å². The van der Waals surface area contributed by atoms with Crippen molar-refractivity contribution in [2.75, 3.05) is 11.9 Å². The number of hydrogen-bond donors (Lipinski definition) is 2. The number of halogens is 3. The average Bonchev–Trinajstić information content (AvgIpc) is 3.43. The molecule has 1 aliphatic carbocycles. The van der Waals surface area contributed by atoms with Crippen LogP contribution in [0.4, 0.5) is 10.1 Å². The number of rotatable bonds is 6. The van der Waals surface area contributed by atoms with Gasteiger partial charge in [0, 0.05) is 10.7 Å². The maximum Gasteiger partial charge on any atom is 0.243 e. The van der Waals surface area contributed by atoms with E-state index in [0.717, 1.165) is 18.4 Å². The first-order valence-electron chi connectivity index (χ1n) is 8.22. The second kappa shape index (κ2) is 8.06. The monoisotopic (exact) mass is 394 g/mol. The predicted octanol–water partition coefficient (Wildman–Crippen LogP) is 4.38. The smallest absolute Gasteiger partial charge is 0.243 e. The molecular weight excluding hydrogens is 378 g/mol. The maximum absolute atomic E-state index is 13.1. The molecule has 0 spiro atoms. The van der Waals surface area contributed by atoms with Crippen LogP contribution in [0.1, 0.15) is 24.3 Å². The lowest BCUT2D eigenvalue weighted by atomic mass is 9.93. The average molecular weight is 395 g/mol. The molecule has 0 aromatic heterocycles. The van der Waals surface area contributed by atoms with Crippen LogP contribution in [0, 0.1) is 11.7 Å². The van der Waals surface area contributed by atoms with Crippen LogP contribution in [0.3, 0.4) is 0 Å². The van der Waals surface area contributed by atoms with Crippen LogP contribution in [0.5, 0.6) is 0 Å². The summed E-state index contributed by atoms with van der Waals surface area (Å²) in [6, 6.07) is 11.1. The molecule has 7 heteroatoms. The van der Waals surface area contributed by atoms with Crippen LogP contribution >= 0.6 is 23.2 Å². The number of carbonyl (C=O) groups is 2. The van der Waals surface area contributed by atoms with Gasteiger partial charge in [0.05, 0.1) is 17.5 Å². The van der Waals surface area contributed by atoms with Crippen molar-refractivity contribution in [2.24, 2.45) is 5.92 Å². The normalized spacial score (nSPS) is 14.6. The highest BCUT2D eigenvalue weighted by Crippen LogP contribution is 2.42. The Bertz CT molecular complexity index is 823.